The van der Waals surface area contributed by atoms with Crippen molar-refractivity contribution in [1.29, 1.82) is 0 Å². The van der Waals surface area contributed by atoms with Gasteiger partial charge in [-0.05, 0) is 0 Å². The Morgan fingerprint density at radius 3 is 1.67 bits per heavy atom. The SMILES string of the molecule is CO[SiH3].[O]=[Ti]=[O]. The molecule has 0 aromatic carbocycles. The molecule has 0 spiro atoms. The van der Waals surface area contributed by atoms with Crippen LogP contribution < -0.4 is 0 Å². The summed E-state index contributed by atoms with van der Waals surface area (Å²) in [5, 5.41) is 0. The van der Waals surface area contributed by atoms with E-state index in [-0.39, 0.29) is 0 Å². The Morgan fingerprint density at radius 2 is 1.67 bits per heavy atom. The van der Waals surface area contributed by atoms with Crippen molar-refractivity contribution in [2.75, 3.05) is 7.11 Å². The Hall–Kier alpha value is 0.491. The molecule has 5 heteroatoms. The van der Waals surface area contributed by atoms with Crippen molar-refractivity contribution in [3.05, 3.63) is 0 Å². The standard InChI is InChI=1S/CH6OSi.2O.Ti/c1-2-3;;;/h1,3H3;;;. The summed E-state index contributed by atoms with van der Waals surface area (Å²) in [5.74, 6) is 0. The van der Waals surface area contributed by atoms with Gasteiger partial charge in [-0.3, -0.25) is 0 Å². The average molecular weight is 142 g/mol. The van der Waals surface area contributed by atoms with Crippen molar-refractivity contribution in [1.82, 2.24) is 0 Å². The average Bonchev–Trinajstić information content (AvgIpc) is 1.39. The van der Waals surface area contributed by atoms with Gasteiger partial charge in [0.15, 0.2) is 0 Å². The summed E-state index contributed by atoms with van der Waals surface area (Å²) >= 11 is -2.00. The summed E-state index contributed by atoms with van der Waals surface area (Å²) in [6.07, 6.45) is 0. The van der Waals surface area contributed by atoms with Gasteiger partial charge in [-0.15, -0.1) is 0 Å². The maximum atomic E-state index is 8.50. The van der Waals surface area contributed by atoms with Crippen molar-refractivity contribution < 1.29 is 30.2 Å². The molecule has 3 nitrogen and oxygen atoms in total. The zero-order valence-corrected chi connectivity index (χ0v) is 7.29. The zero-order chi connectivity index (χ0) is 5.41. The van der Waals surface area contributed by atoms with Gasteiger partial charge in [0.05, 0.1) is 0 Å². The van der Waals surface area contributed by atoms with E-state index in [9.17, 15) is 0 Å². The first-order valence-corrected chi connectivity index (χ1v) is 3.32. The van der Waals surface area contributed by atoms with E-state index in [1.165, 1.54) is 0 Å². The van der Waals surface area contributed by atoms with Crippen LogP contribution in [0.3, 0.4) is 0 Å². The molecule has 0 aliphatic heterocycles. The summed E-state index contributed by atoms with van der Waals surface area (Å²) in [6.45, 7) is 0. The molecule has 0 saturated carbocycles. The molecule has 0 fully saturated rings. The molecule has 0 rings (SSSR count). The summed E-state index contributed by atoms with van der Waals surface area (Å²) in [5.41, 5.74) is 0. The second kappa shape index (κ2) is 17.8. The monoisotopic (exact) mass is 142 g/mol. The summed E-state index contributed by atoms with van der Waals surface area (Å²) in [7, 11) is 2.56. The van der Waals surface area contributed by atoms with E-state index in [0.29, 0.717) is 0 Å². The van der Waals surface area contributed by atoms with Gasteiger partial charge in [-0.25, -0.2) is 0 Å². The molecule has 0 atom stereocenters. The van der Waals surface area contributed by atoms with Crippen LogP contribution in [0.4, 0.5) is 0 Å². The van der Waals surface area contributed by atoms with Crippen molar-refractivity contribution in [3.63, 3.8) is 0 Å². The molecule has 0 saturated heterocycles. The van der Waals surface area contributed by atoms with Crippen LogP contribution in [-0.2, 0) is 30.2 Å². The molecule has 0 aliphatic rings. The Bertz CT molecular complexity index is 40.1. The van der Waals surface area contributed by atoms with Gasteiger partial charge in [0.25, 0.3) is 0 Å². The molecule has 0 amide bonds. The van der Waals surface area contributed by atoms with E-state index >= 15 is 0 Å². The molecule has 0 aliphatic carbocycles. The van der Waals surface area contributed by atoms with Crippen LogP contribution in [0.2, 0.25) is 0 Å². The zero-order valence-electron chi connectivity index (χ0n) is 3.72. The summed E-state index contributed by atoms with van der Waals surface area (Å²) in [4.78, 5) is 0. The quantitative estimate of drug-likeness (QED) is 0.393. The molecule has 0 radical (unpaired) electrons. The summed E-state index contributed by atoms with van der Waals surface area (Å²) < 4.78 is 21.4. The first kappa shape index (κ1) is 9.70. The van der Waals surface area contributed by atoms with E-state index in [2.05, 4.69) is 4.43 Å². The van der Waals surface area contributed by atoms with Gasteiger partial charge in [0, 0.05) is 7.11 Å². The molecule has 6 heavy (non-hydrogen) atoms. The van der Waals surface area contributed by atoms with Crippen LogP contribution in [0, 0.1) is 0 Å². The molecule has 0 aromatic heterocycles. The fourth-order valence-corrected chi connectivity index (χ4v) is 0. The third-order valence-corrected chi connectivity index (χ3v) is 0. The first-order chi connectivity index (χ1) is 2.83. The molecule has 0 aromatic rings. The van der Waals surface area contributed by atoms with Crippen LogP contribution in [-0.4, -0.2) is 17.6 Å². The van der Waals surface area contributed by atoms with Crippen molar-refractivity contribution >= 4 is 10.5 Å². The van der Waals surface area contributed by atoms with E-state index < -0.39 is 19.1 Å². The second-order valence-electron chi connectivity index (χ2n) is 0.492. The molecule has 36 valence electrons. The van der Waals surface area contributed by atoms with Crippen LogP contribution in [0.5, 0.6) is 0 Å². The molecule has 0 heterocycles. The Labute approximate surface area is 48.2 Å². The number of hydrogen-bond acceptors (Lipinski definition) is 3. The van der Waals surface area contributed by atoms with Gasteiger partial charge in [0.2, 0.25) is 0 Å². The molecule has 0 N–H and O–H groups in total. The van der Waals surface area contributed by atoms with Gasteiger partial charge < -0.3 is 4.43 Å². The maximum absolute atomic E-state index is 8.50. The van der Waals surface area contributed by atoms with Crippen molar-refractivity contribution in [3.8, 4) is 0 Å². The Kier molecular flexibility index (Phi) is 28.9. The van der Waals surface area contributed by atoms with Crippen LogP contribution >= 0.6 is 0 Å². The minimum absolute atomic E-state index is 0.869. The van der Waals surface area contributed by atoms with Gasteiger partial charge in [-0.1, -0.05) is 0 Å². The van der Waals surface area contributed by atoms with Crippen LogP contribution in [0.1, 0.15) is 0 Å². The normalized spacial score (nSPS) is 4.83. The third kappa shape index (κ3) is 227. The van der Waals surface area contributed by atoms with Gasteiger partial charge >= 0.3 is 25.7 Å². The topological polar surface area (TPSA) is 43.4 Å². The van der Waals surface area contributed by atoms with E-state index in [1.54, 1.807) is 7.11 Å². The second-order valence-corrected chi connectivity index (χ2v) is 1.57. The van der Waals surface area contributed by atoms with E-state index in [1.807, 2.05) is 0 Å². The molecular weight excluding hydrogens is 136 g/mol. The van der Waals surface area contributed by atoms with Crippen molar-refractivity contribution in [2.45, 2.75) is 0 Å². The van der Waals surface area contributed by atoms with Gasteiger partial charge in [0.1, 0.15) is 10.5 Å². The number of rotatable bonds is 0. The minimum atomic E-state index is -2.00. The summed E-state index contributed by atoms with van der Waals surface area (Å²) in [6, 6.07) is 0. The van der Waals surface area contributed by atoms with Gasteiger partial charge in [-0.2, -0.15) is 0 Å². The van der Waals surface area contributed by atoms with Crippen LogP contribution in [0.15, 0.2) is 0 Å². The third-order valence-electron chi connectivity index (χ3n) is 0. The first-order valence-electron chi connectivity index (χ1n) is 1.22. The predicted molar refractivity (Wildman–Crippen MR) is 18.3 cm³/mol. The van der Waals surface area contributed by atoms with E-state index in [0.717, 1.165) is 10.5 Å². The molecule has 0 bridgehead atoms. The Morgan fingerprint density at radius 1 is 1.67 bits per heavy atom. The molecular formula is CH6O3SiTi. The Balaban J connectivity index is 0. The fraction of sp³-hybridized carbons (Fsp3) is 1.00. The van der Waals surface area contributed by atoms with Crippen LogP contribution in [0.25, 0.3) is 0 Å². The molecule has 0 unspecified atom stereocenters. The fourth-order valence-electron chi connectivity index (χ4n) is 0. The van der Waals surface area contributed by atoms with E-state index in [4.69, 9.17) is 6.65 Å². The van der Waals surface area contributed by atoms with Crippen molar-refractivity contribution in [2.24, 2.45) is 0 Å². The number of hydrogen-bond donors (Lipinski definition) is 0. The predicted octanol–water partition coefficient (Wildman–Crippen LogP) is -1.33.